The third-order valence-electron chi connectivity index (χ3n) is 4.53. The number of rotatable bonds is 9. The third kappa shape index (κ3) is 5.48. The molecular formula is C21H23F3N2O3. The minimum Gasteiger partial charge on any atom is -0.493 e. The van der Waals surface area contributed by atoms with Crippen LogP contribution in [0.15, 0.2) is 40.9 Å². The van der Waals surface area contributed by atoms with Gasteiger partial charge in [0.2, 0.25) is 0 Å². The molecule has 29 heavy (non-hydrogen) atoms. The number of nitrogens with zero attached hydrogens (tertiary/aromatic N) is 1. The van der Waals surface area contributed by atoms with Gasteiger partial charge in [-0.3, -0.25) is 4.98 Å². The van der Waals surface area contributed by atoms with Gasteiger partial charge in [0.05, 0.1) is 12.0 Å². The van der Waals surface area contributed by atoms with E-state index in [0.717, 1.165) is 29.5 Å². The molecule has 0 radical (unpaired) electrons. The topological polar surface area (TPSA) is 70.5 Å². The van der Waals surface area contributed by atoms with Gasteiger partial charge >= 0.3 is 6.18 Å². The van der Waals surface area contributed by atoms with Crippen LogP contribution in [-0.4, -0.2) is 24.4 Å². The van der Waals surface area contributed by atoms with E-state index in [1.54, 1.807) is 25.3 Å². The van der Waals surface area contributed by atoms with E-state index in [-0.39, 0.29) is 6.61 Å². The first-order valence-electron chi connectivity index (χ1n) is 9.30. The fourth-order valence-electron chi connectivity index (χ4n) is 3.14. The summed E-state index contributed by atoms with van der Waals surface area (Å²) in [5.41, 5.74) is 8.98. The quantitative estimate of drug-likeness (QED) is 0.521. The number of ether oxygens (including phenoxy) is 2. The fourth-order valence-corrected chi connectivity index (χ4v) is 3.14. The number of alkyl halides is 3. The van der Waals surface area contributed by atoms with E-state index in [2.05, 4.69) is 4.98 Å². The fraction of sp³-hybridized carbons (Fsp3) is 0.381. The Morgan fingerprint density at radius 1 is 1.17 bits per heavy atom. The number of pyridine rings is 1. The summed E-state index contributed by atoms with van der Waals surface area (Å²) in [5, 5.41) is 0.749. The molecule has 8 heteroatoms. The van der Waals surface area contributed by atoms with Crippen LogP contribution in [0.4, 0.5) is 13.2 Å². The summed E-state index contributed by atoms with van der Waals surface area (Å²) in [4.78, 5) is 4.36. The molecule has 0 bridgehead atoms. The van der Waals surface area contributed by atoms with E-state index in [0.29, 0.717) is 35.8 Å². The van der Waals surface area contributed by atoms with Crippen LogP contribution < -0.4 is 10.5 Å². The highest BCUT2D eigenvalue weighted by atomic mass is 19.4. The maximum absolute atomic E-state index is 12.3. The number of benzene rings is 1. The van der Waals surface area contributed by atoms with Crippen molar-refractivity contribution in [3.63, 3.8) is 0 Å². The molecule has 0 amide bonds. The molecule has 2 aromatic heterocycles. The average Bonchev–Trinajstić information content (AvgIpc) is 3.01. The molecule has 1 aromatic carbocycles. The molecule has 5 nitrogen and oxygen atoms in total. The lowest BCUT2D eigenvalue weighted by Crippen LogP contribution is -2.16. The Balaban J connectivity index is 1.63. The molecule has 0 saturated heterocycles. The van der Waals surface area contributed by atoms with Crippen LogP contribution in [0.1, 0.15) is 29.0 Å². The van der Waals surface area contributed by atoms with Crippen molar-refractivity contribution in [3.05, 3.63) is 59.1 Å². The van der Waals surface area contributed by atoms with Gasteiger partial charge in [-0.15, -0.1) is 0 Å². The van der Waals surface area contributed by atoms with E-state index in [1.165, 1.54) is 0 Å². The maximum atomic E-state index is 12.3. The van der Waals surface area contributed by atoms with Crippen molar-refractivity contribution in [2.45, 2.75) is 39.1 Å². The number of nitrogens with two attached hydrogens (primary N) is 1. The first-order valence-corrected chi connectivity index (χ1v) is 9.30. The van der Waals surface area contributed by atoms with Crippen molar-refractivity contribution < 1.29 is 27.1 Å². The highest BCUT2D eigenvalue weighted by Crippen LogP contribution is 2.33. The van der Waals surface area contributed by atoms with Crippen LogP contribution in [-0.2, 0) is 24.3 Å². The molecule has 0 aliphatic carbocycles. The summed E-state index contributed by atoms with van der Waals surface area (Å²) in [6, 6.07) is 9.18. The van der Waals surface area contributed by atoms with Gasteiger partial charge in [0.25, 0.3) is 0 Å². The van der Waals surface area contributed by atoms with E-state index in [1.807, 2.05) is 18.2 Å². The summed E-state index contributed by atoms with van der Waals surface area (Å²) < 4.78 is 53.2. The van der Waals surface area contributed by atoms with Crippen molar-refractivity contribution in [2.24, 2.45) is 5.73 Å². The number of aromatic nitrogens is 1. The van der Waals surface area contributed by atoms with Crippen LogP contribution in [0, 0.1) is 6.92 Å². The van der Waals surface area contributed by atoms with E-state index in [4.69, 9.17) is 19.6 Å². The van der Waals surface area contributed by atoms with Crippen LogP contribution in [0.3, 0.4) is 0 Å². The predicted octanol–water partition coefficient (Wildman–Crippen LogP) is 4.69. The summed E-state index contributed by atoms with van der Waals surface area (Å²) >= 11 is 0. The van der Waals surface area contributed by atoms with E-state index >= 15 is 0 Å². The SMILES string of the molecule is Cc1c(COCC(F)(F)F)oc2cccc(OCCCc3ncccc3CN)c12. The molecule has 0 aliphatic heterocycles. The lowest BCUT2D eigenvalue weighted by Gasteiger charge is -2.09. The normalized spacial score (nSPS) is 11.9. The van der Waals surface area contributed by atoms with Gasteiger partial charge in [-0.2, -0.15) is 13.2 Å². The third-order valence-corrected chi connectivity index (χ3v) is 4.53. The second-order valence-electron chi connectivity index (χ2n) is 6.65. The van der Waals surface area contributed by atoms with Crippen molar-refractivity contribution in [1.82, 2.24) is 4.98 Å². The van der Waals surface area contributed by atoms with Crippen LogP contribution in [0.25, 0.3) is 11.0 Å². The van der Waals surface area contributed by atoms with Crippen molar-refractivity contribution >= 4 is 11.0 Å². The van der Waals surface area contributed by atoms with Gasteiger partial charge in [0, 0.05) is 24.0 Å². The van der Waals surface area contributed by atoms with Crippen LogP contribution in [0.5, 0.6) is 5.75 Å². The Labute approximate surface area is 166 Å². The molecule has 0 aliphatic rings. The number of furan rings is 1. The lowest BCUT2D eigenvalue weighted by atomic mass is 10.1. The maximum Gasteiger partial charge on any atom is 0.411 e. The molecule has 0 spiro atoms. The number of hydrogen-bond donors (Lipinski definition) is 1. The molecule has 156 valence electrons. The molecule has 3 rings (SSSR count). The Kier molecular flexibility index (Phi) is 6.76. The zero-order valence-corrected chi connectivity index (χ0v) is 16.1. The van der Waals surface area contributed by atoms with Crippen molar-refractivity contribution in [3.8, 4) is 5.75 Å². The Morgan fingerprint density at radius 2 is 2.00 bits per heavy atom. The average molecular weight is 408 g/mol. The Morgan fingerprint density at radius 3 is 2.76 bits per heavy atom. The number of aryl methyl sites for hydroxylation is 2. The van der Waals surface area contributed by atoms with Gasteiger partial charge in [0.15, 0.2) is 0 Å². The highest BCUT2D eigenvalue weighted by molar-refractivity contribution is 5.88. The summed E-state index contributed by atoms with van der Waals surface area (Å²) in [6.45, 7) is 1.12. The zero-order chi connectivity index (χ0) is 20.9. The van der Waals surface area contributed by atoms with Gasteiger partial charge in [-0.05, 0) is 43.5 Å². The molecule has 0 fully saturated rings. The monoisotopic (exact) mass is 408 g/mol. The van der Waals surface area contributed by atoms with E-state index in [9.17, 15) is 13.2 Å². The Hall–Kier alpha value is -2.58. The molecule has 2 N–H and O–H groups in total. The second kappa shape index (κ2) is 9.28. The molecule has 0 atom stereocenters. The largest absolute Gasteiger partial charge is 0.493 e. The first-order chi connectivity index (χ1) is 13.9. The summed E-state index contributed by atoms with van der Waals surface area (Å²) in [7, 11) is 0. The smallest absolute Gasteiger partial charge is 0.411 e. The lowest BCUT2D eigenvalue weighted by molar-refractivity contribution is -0.177. The predicted molar refractivity (Wildman–Crippen MR) is 103 cm³/mol. The van der Waals surface area contributed by atoms with E-state index < -0.39 is 12.8 Å². The Bertz CT molecular complexity index is 954. The summed E-state index contributed by atoms with van der Waals surface area (Å²) in [5.74, 6) is 0.993. The number of halogens is 3. The first kappa shape index (κ1) is 21.1. The minimum atomic E-state index is -4.37. The minimum absolute atomic E-state index is 0.249. The standard InChI is InChI=1S/C21H23F3N2O3/c1-14-19(12-27-13-21(22,23)24)29-18-8-2-7-17(20(14)18)28-10-4-6-16-15(11-25)5-3-9-26-16/h2-3,5,7-9H,4,6,10-13,25H2,1H3. The number of hydrogen-bond acceptors (Lipinski definition) is 5. The van der Waals surface area contributed by atoms with Crippen LogP contribution in [0.2, 0.25) is 0 Å². The van der Waals surface area contributed by atoms with Gasteiger partial charge in [0.1, 0.15) is 30.3 Å². The molecular weight excluding hydrogens is 385 g/mol. The van der Waals surface area contributed by atoms with Gasteiger partial charge in [-0.1, -0.05) is 12.1 Å². The second-order valence-corrected chi connectivity index (χ2v) is 6.65. The molecule has 0 unspecified atom stereocenters. The number of fused-ring (bicyclic) bond motifs is 1. The van der Waals surface area contributed by atoms with Crippen molar-refractivity contribution in [1.29, 1.82) is 0 Å². The summed E-state index contributed by atoms with van der Waals surface area (Å²) in [6.07, 6.45) is -1.14. The molecule has 3 aromatic rings. The van der Waals surface area contributed by atoms with Crippen molar-refractivity contribution in [2.75, 3.05) is 13.2 Å². The molecule has 0 saturated carbocycles. The van der Waals surface area contributed by atoms with Gasteiger partial charge < -0.3 is 19.6 Å². The zero-order valence-electron chi connectivity index (χ0n) is 16.1. The van der Waals surface area contributed by atoms with Gasteiger partial charge in [-0.25, -0.2) is 0 Å². The highest BCUT2D eigenvalue weighted by Gasteiger charge is 2.28. The van der Waals surface area contributed by atoms with Crippen LogP contribution >= 0.6 is 0 Å². The molecule has 2 heterocycles.